The molecule has 2 fully saturated rings. The molecule has 3 aliphatic rings. The van der Waals surface area contributed by atoms with Gasteiger partial charge in [0.25, 0.3) is 0 Å². The van der Waals surface area contributed by atoms with Gasteiger partial charge in [-0.25, -0.2) is 9.97 Å². The first-order chi connectivity index (χ1) is 15.1. The second kappa shape index (κ2) is 7.46. The highest BCUT2D eigenvalue weighted by Crippen LogP contribution is 2.42. The number of aromatic nitrogens is 4. The highest BCUT2D eigenvalue weighted by molar-refractivity contribution is 7.99. The lowest BCUT2D eigenvalue weighted by molar-refractivity contribution is 0.0973. The molecule has 2 N–H and O–H groups in total. The molecule has 0 unspecified atom stereocenters. The maximum atomic E-state index is 6.50. The number of hydrogen-bond acceptors (Lipinski definition) is 7. The lowest BCUT2D eigenvalue weighted by Crippen LogP contribution is -2.51. The Hall–Kier alpha value is -2.16. The van der Waals surface area contributed by atoms with Crippen LogP contribution in [0.4, 0.5) is 5.95 Å². The van der Waals surface area contributed by atoms with E-state index in [-0.39, 0.29) is 17.6 Å². The summed E-state index contributed by atoms with van der Waals surface area (Å²) in [4.78, 5) is 18.9. The molecule has 162 valence electrons. The van der Waals surface area contributed by atoms with E-state index >= 15 is 0 Å². The van der Waals surface area contributed by atoms with E-state index in [9.17, 15) is 0 Å². The van der Waals surface area contributed by atoms with Gasteiger partial charge in [0.1, 0.15) is 0 Å². The molecule has 5 heterocycles. The van der Waals surface area contributed by atoms with Gasteiger partial charge >= 0.3 is 0 Å². The number of imidazole rings is 1. The number of nitrogens with two attached hydrogens (primary N) is 1. The Kier molecular flexibility index (Phi) is 4.70. The van der Waals surface area contributed by atoms with E-state index in [1.165, 1.54) is 22.6 Å². The average molecular weight is 437 g/mol. The summed E-state index contributed by atoms with van der Waals surface area (Å²) in [5, 5.41) is 0. The normalized spacial score (nSPS) is 24.9. The molecule has 0 aromatic carbocycles. The van der Waals surface area contributed by atoms with Crippen molar-refractivity contribution >= 4 is 23.4 Å². The lowest BCUT2D eigenvalue weighted by Gasteiger charge is -2.41. The summed E-state index contributed by atoms with van der Waals surface area (Å²) in [5.41, 5.74) is 10.2. The maximum absolute atomic E-state index is 6.50. The largest absolute Gasteiger partial charge is 0.376 e. The molecule has 2 aliphatic heterocycles. The molecule has 3 aromatic heterocycles. The summed E-state index contributed by atoms with van der Waals surface area (Å²) in [6.45, 7) is 4.75. The van der Waals surface area contributed by atoms with Gasteiger partial charge in [-0.15, -0.1) is 0 Å². The molecule has 1 aliphatic carbocycles. The molecule has 31 heavy (non-hydrogen) atoms. The standard InChI is InChI=1S/C23H28N6OS/c1-15-20(24)23(14-30-15)6-10-28(11-7-23)22-27-13-19(21-26-9-12-29(21)22)31-18-5-8-25-17-4-2-3-16(17)18/h5,8-9,12-13,15,20H,2-4,6-7,10-11,14,24H2,1H3/t15-,20+/m0/s1. The number of fused-ring (bicyclic) bond motifs is 2. The molecule has 8 heteroatoms. The number of pyridine rings is 1. The number of piperidine rings is 1. The van der Waals surface area contributed by atoms with Gasteiger partial charge in [0.2, 0.25) is 5.95 Å². The third-order valence-corrected chi connectivity index (χ3v) is 8.54. The van der Waals surface area contributed by atoms with E-state index in [2.05, 4.69) is 32.3 Å². The minimum absolute atomic E-state index is 0.113. The number of aryl methyl sites for hydroxylation is 1. The monoisotopic (exact) mass is 436 g/mol. The Bertz CT molecular complexity index is 1120. The van der Waals surface area contributed by atoms with Crippen LogP contribution < -0.4 is 10.6 Å². The van der Waals surface area contributed by atoms with Gasteiger partial charge in [0.15, 0.2) is 5.65 Å². The summed E-state index contributed by atoms with van der Waals surface area (Å²) < 4.78 is 8.01. The zero-order valence-corrected chi connectivity index (χ0v) is 18.6. The number of nitrogens with zero attached hydrogens (tertiary/aromatic N) is 5. The lowest BCUT2D eigenvalue weighted by atomic mass is 9.73. The van der Waals surface area contributed by atoms with Crippen LogP contribution in [0.3, 0.4) is 0 Å². The van der Waals surface area contributed by atoms with Gasteiger partial charge in [0, 0.05) is 59.9 Å². The van der Waals surface area contributed by atoms with Crippen LogP contribution in [0.15, 0.2) is 40.6 Å². The van der Waals surface area contributed by atoms with Gasteiger partial charge in [-0.3, -0.25) is 9.38 Å². The van der Waals surface area contributed by atoms with Crippen molar-refractivity contribution < 1.29 is 4.74 Å². The quantitative estimate of drug-likeness (QED) is 0.676. The number of hydrogen-bond donors (Lipinski definition) is 1. The van der Waals surface area contributed by atoms with E-state index in [4.69, 9.17) is 15.5 Å². The van der Waals surface area contributed by atoms with Crippen molar-refractivity contribution in [1.82, 2.24) is 19.4 Å². The molecule has 2 saturated heterocycles. The fourth-order valence-corrected chi connectivity index (χ4v) is 6.52. The van der Waals surface area contributed by atoms with Crippen molar-refractivity contribution in [3.63, 3.8) is 0 Å². The van der Waals surface area contributed by atoms with Crippen molar-refractivity contribution in [2.45, 2.75) is 61.0 Å². The summed E-state index contributed by atoms with van der Waals surface area (Å²) in [6, 6.07) is 2.25. The Labute approximate surface area is 186 Å². The SMILES string of the molecule is C[C@@H]1OCC2(CCN(c3ncc(Sc4ccnc5c4CCC5)c4nccn34)CC2)[C@@H]1N. The average Bonchev–Trinajstić information content (AvgIpc) is 3.53. The first-order valence-corrected chi connectivity index (χ1v) is 12.1. The summed E-state index contributed by atoms with van der Waals surface area (Å²) in [5.74, 6) is 0.965. The zero-order chi connectivity index (χ0) is 21.0. The Morgan fingerprint density at radius 1 is 1.13 bits per heavy atom. The van der Waals surface area contributed by atoms with Crippen LogP contribution in [-0.4, -0.2) is 51.2 Å². The van der Waals surface area contributed by atoms with Crippen LogP contribution in [-0.2, 0) is 17.6 Å². The van der Waals surface area contributed by atoms with Crippen molar-refractivity contribution in [3.8, 4) is 0 Å². The van der Waals surface area contributed by atoms with Crippen LogP contribution in [0.2, 0.25) is 0 Å². The highest BCUT2D eigenvalue weighted by Gasteiger charge is 2.47. The second-order valence-corrected chi connectivity index (χ2v) is 10.2. The van der Waals surface area contributed by atoms with E-state index < -0.39 is 0 Å². The fourth-order valence-electron chi connectivity index (χ4n) is 5.46. The summed E-state index contributed by atoms with van der Waals surface area (Å²) >= 11 is 1.76. The summed E-state index contributed by atoms with van der Waals surface area (Å²) in [6.07, 6.45) is 13.4. The predicted molar refractivity (Wildman–Crippen MR) is 121 cm³/mol. The first kappa shape index (κ1) is 19.5. The van der Waals surface area contributed by atoms with Crippen molar-refractivity contribution in [3.05, 3.63) is 42.1 Å². The fraction of sp³-hybridized carbons (Fsp3) is 0.522. The second-order valence-electron chi connectivity index (χ2n) is 9.12. The molecular weight excluding hydrogens is 408 g/mol. The van der Waals surface area contributed by atoms with E-state index in [1.54, 1.807) is 11.8 Å². The van der Waals surface area contributed by atoms with Gasteiger partial charge < -0.3 is 15.4 Å². The molecule has 6 rings (SSSR count). The molecule has 7 nitrogen and oxygen atoms in total. The van der Waals surface area contributed by atoms with E-state index in [0.29, 0.717) is 0 Å². The predicted octanol–water partition coefficient (Wildman–Crippen LogP) is 3.10. The highest BCUT2D eigenvalue weighted by atomic mass is 32.2. The molecule has 1 spiro atoms. The van der Waals surface area contributed by atoms with Crippen LogP contribution in [0.25, 0.3) is 5.65 Å². The van der Waals surface area contributed by atoms with Gasteiger partial charge in [-0.1, -0.05) is 11.8 Å². The maximum Gasteiger partial charge on any atom is 0.211 e. The first-order valence-electron chi connectivity index (χ1n) is 11.2. The van der Waals surface area contributed by atoms with Gasteiger partial charge in [-0.05, 0) is 50.7 Å². The summed E-state index contributed by atoms with van der Waals surface area (Å²) in [7, 11) is 0. The number of rotatable bonds is 3. The van der Waals surface area contributed by atoms with E-state index in [0.717, 1.165) is 61.9 Å². The molecule has 0 bridgehead atoms. The van der Waals surface area contributed by atoms with Crippen LogP contribution in [0, 0.1) is 5.41 Å². The van der Waals surface area contributed by atoms with E-state index in [1.807, 2.05) is 24.8 Å². The molecule has 0 saturated carbocycles. The Morgan fingerprint density at radius 3 is 2.81 bits per heavy atom. The zero-order valence-electron chi connectivity index (χ0n) is 17.8. The number of anilines is 1. The molecule has 0 radical (unpaired) electrons. The van der Waals surface area contributed by atoms with Gasteiger partial charge in [0.05, 0.1) is 17.6 Å². The number of ether oxygens (including phenoxy) is 1. The Balaban J connectivity index is 1.27. The minimum atomic E-state index is 0.113. The van der Waals surface area contributed by atoms with Crippen LogP contribution in [0.5, 0.6) is 0 Å². The molecule has 0 amide bonds. The molecular formula is C23H28N6OS. The molecule has 3 aromatic rings. The van der Waals surface area contributed by atoms with Crippen LogP contribution in [0.1, 0.15) is 37.4 Å². The Morgan fingerprint density at radius 2 is 2.00 bits per heavy atom. The van der Waals surface area contributed by atoms with Gasteiger partial charge in [-0.2, -0.15) is 0 Å². The van der Waals surface area contributed by atoms with Crippen molar-refractivity contribution in [2.75, 3.05) is 24.6 Å². The third kappa shape index (κ3) is 3.15. The van der Waals surface area contributed by atoms with Crippen LogP contribution >= 0.6 is 11.8 Å². The third-order valence-electron chi connectivity index (χ3n) is 7.42. The van der Waals surface area contributed by atoms with Crippen molar-refractivity contribution in [2.24, 2.45) is 11.1 Å². The topological polar surface area (TPSA) is 81.6 Å². The van der Waals surface area contributed by atoms with Crippen molar-refractivity contribution in [1.29, 1.82) is 0 Å². The minimum Gasteiger partial charge on any atom is -0.376 e. The smallest absolute Gasteiger partial charge is 0.211 e. The molecule has 2 atom stereocenters.